The van der Waals surface area contributed by atoms with Gasteiger partial charge in [-0.2, -0.15) is 0 Å². The highest BCUT2D eigenvalue weighted by Crippen LogP contribution is 2.25. The predicted octanol–water partition coefficient (Wildman–Crippen LogP) is 4.65. The van der Waals surface area contributed by atoms with E-state index in [1.165, 1.54) is 18.4 Å². The molecule has 0 bridgehead atoms. The van der Waals surface area contributed by atoms with Gasteiger partial charge in [-0.15, -0.1) is 0 Å². The molecule has 0 N–H and O–H groups in total. The molecule has 0 saturated heterocycles. The molecule has 0 aliphatic heterocycles. The molecule has 0 aliphatic rings. The fraction of sp³-hybridized carbons (Fsp3) is 0.562. The van der Waals surface area contributed by atoms with Crippen LogP contribution in [0.2, 0.25) is 0 Å². The van der Waals surface area contributed by atoms with Crippen molar-refractivity contribution in [2.24, 2.45) is 5.41 Å². The lowest BCUT2D eigenvalue weighted by Crippen LogP contribution is -2.23. The van der Waals surface area contributed by atoms with Gasteiger partial charge in [0.05, 0.1) is 0 Å². The maximum Gasteiger partial charge on any atom is 0.168 e. The van der Waals surface area contributed by atoms with Crippen molar-refractivity contribution in [1.29, 1.82) is 0 Å². The van der Waals surface area contributed by atoms with E-state index in [1.54, 1.807) is 0 Å². The predicted molar refractivity (Wildman–Crippen MR) is 73.5 cm³/mol. The summed E-state index contributed by atoms with van der Waals surface area (Å²) < 4.78 is 0. The summed E-state index contributed by atoms with van der Waals surface area (Å²) in [6.07, 6.45) is 4.42. The molecule has 0 atom stereocenters. The Morgan fingerprint density at radius 1 is 1.12 bits per heavy atom. The molecule has 17 heavy (non-hydrogen) atoms. The monoisotopic (exact) mass is 232 g/mol. The van der Waals surface area contributed by atoms with Gasteiger partial charge in [-0.05, 0) is 24.8 Å². The third-order valence-electron chi connectivity index (χ3n) is 3.53. The zero-order chi connectivity index (χ0) is 12.9. The van der Waals surface area contributed by atoms with E-state index in [-0.39, 0.29) is 11.2 Å². The maximum absolute atomic E-state index is 12.2. The normalized spacial score (nSPS) is 11.5. The Bertz CT molecular complexity index is 360. The SMILES string of the molecule is CCCCc1ccc(C(=O)C(C)(C)CC)cc1. The van der Waals surface area contributed by atoms with Crippen LogP contribution >= 0.6 is 0 Å². The van der Waals surface area contributed by atoms with Crippen LogP contribution in [0.4, 0.5) is 0 Å². The quantitative estimate of drug-likeness (QED) is 0.652. The summed E-state index contributed by atoms with van der Waals surface area (Å²) in [4.78, 5) is 12.2. The van der Waals surface area contributed by atoms with Crippen LogP contribution in [0, 0.1) is 5.41 Å². The van der Waals surface area contributed by atoms with Crippen molar-refractivity contribution in [3.8, 4) is 0 Å². The van der Waals surface area contributed by atoms with Crippen LogP contribution < -0.4 is 0 Å². The van der Waals surface area contributed by atoms with Crippen molar-refractivity contribution < 1.29 is 4.79 Å². The molecular formula is C16H24O. The standard InChI is InChI=1S/C16H24O/c1-5-7-8-13-9-11-14(12-10-13)15(17)16(3,4)6-2/h9-12H,5-8H2,1-4H3. The number of unbranched alkanes of at least 4 members (excludes halogenated alkanes) is 1. The third kappa shape index (κ3) is 3.69. The average Bonchev–Trinajstić information content (AvgIpc) is 2.36. The first-order valence-corrected chi connectivity index (χ1v) is 6.65. The summed E-state index contributed by atoms with van der Waals surface area (Å²) >= 11 is 0. The number of Topliss-reactive ketones (excluding diaryl/α,β-unsaturated/α-hetero) is 1. The van der Waals surface area contributed by atoms with Gasteiger partial charge >= 0.3 is 0 Å². The van der Waals surface area contributed by atoms with Gasteiger partial charge in [0.2, 0.25) is 0 Å². The molecule has 0 heterocycles. The van der Waals surface area contributed by atoms with E-state index < -0.39 is 0 Å². The Hall–Kier alpha value is -1.11. The average molecular weight is 232 g/mol. The summed E-state index contributed by atoms with van der Waals surface area (Å²) in [6.45, 7) is 8.29. The molecule has 94 valence electrons. The van der Waals surface area contributed by atoms with Crippen molar-refractivity contribution in [1.82, 2.24) is 0 Å². The Morgan fingerprint density at radius 3 is 2.18 bits per heavy atom. The minimum Gasteiger partial charge on any atom is -0.294 e. The molecule has 0 saturated carbocycles. The second kappa shape index (κ2) is 6.00. The van der Waals surface area contributed by atoms with Crippen LogP contribution in [0.3, 0.4) is 0 Å². The lowest BCUT2D eigenvalue weighted by molar-refractivity contribution is 0.0833. The topological polar surface area (TPSA) is 17.1 Å². The summed E-state index contributed by atoms with van der Waals surface area (Å²) in [6, 6.07) is 8.14. The smallest absolute Gasteiger partial charge is 0.168 e. The molecule has 1 aromatic rings. The molecule has 0 aliphatic carbocycles. The number of benzene rings is 1. The van der Waals surface area contributed by atoms with Crippen molar-refractivity contribution in [3.05, 3.63) is 35.4 Å². The van der Waals surface area contributed by atoms with E-state index >= 15 is 0 Å². The largest absolute Gasteiger partial charge is 0.294 e. The number of ketones is 1. The lowest BCUT2D eigenvalue weighted by atomic mass is 9.82. The molecule has 0 amide bonds. The Morgan fingerprint density at radius 2 is 1.71 bits per heavy atom. The van der Waals surface area contributed by atoms with Gasteiger partial charge in [0.25, 0.3) is 0 Å². The maximum atomic E-state index is 12.2. The van der Waals surface area contributed by atoms with Crippen LogP contribution in [0.5, 0.6) is 0 Å². The second-order valence-electron chi connectivity index (χ2n) is 5.37. The van der Waals surface area contributed by atoms with Gasteiger partial charge in [0.1, 0.15) is 0 Å². The molecule has 0 unspecified atom stereocenters. The Kier molecular flexibility index (Phi) is 4.92. The van der Waals surface area contributed by atoms with Crippen LogP contribution in [0.25, 0.3) is 0 Å². The number of hydrogen-bond acceptors (Lipinski definition) is 1. The molecule has 1 rings (SSSR count). The van der Waals surface area contributed by atoms with E-state index in [9.17, 15) is 4.79 Å². The minimum absolute atomic E-state index is 0.245. The minimum atomic E-state index is -0.245. The molecule has 1 aromatic carbocycles. The van der Waals surface area contributed by atoms with E-state index in [1.807, 2.05) is 26.0 Å². The lowest BCUT2D eigenvalue weighted by Gasteiger charge is -2.20. The van der Waals surface area contributed by atoms with Crippen LogP contribution in [-0.4, -0.2) is 5.78 Å². The zero-order valence-electron chi connectivity index (χ0n) is 11.5. The Balaban J connectivity index is 2.77. The first-order chi connectivity index (χ1) is 8.01. The molecule has 0 aromatic heterocycles. The molecule has 1 nitrogen and oxygen atoms in total. The molecule has 0 spiro atoms. The van der Waals surface area contributed by atoms with Gasteiger partial charge < -0.3 is 0 Å². The van der Waals surface area contributed by atoms with Crippen molar-refractivity contribution in [3.63, 3.8) is 0 Å². The van der Waals surface area contributed by atoms with E-state index in [0.717, 1.165) is 18.4 Å². The zero-order valence-corrected chi connectivity index (χ0v) is 11.5. The number of hydrogen-bond donors (Lipinski definition) is 0. The third-order valence-corrected chi connectivity index (χ3v) is 3.53. The fourth-order valence-corrected chi connectivity index (χ4v) is 1.75. The van der Waals surface area contributed by atoms with Crippen molar-refractivity contribution in [2.45, 2.75) is 53.4 Å². The van der Waals surface area contributed by atoms with E-state index in [4.69, 9.17) is 0 Å². The first kappa shape index (κ1) is 14.0. The number of carbonyl (C=O) groups is 1. The van der Waals surface area contributed by atoms with Crippen LogP contribution in [-0.2, 0) is 6.42 Å². The highest BCUT2D eigenvalue weighted by atomic mass is 16.1. The Labute approximate surface area is 105 Å². The summed E-state index contributed by atoms with van der Waals surface area (Å²) in [5.74, 6) is 0.252. The summed E-state index contributed by atoms with van der Waals surface area (Å²) in [7, 11) is 0. The molecular weight excluding hydrogens is 208 g/mol. The van der Waals surface area contributed by atoms with Crippen molar-refractivity contribution in [2.75, 3.05) is 0 Å². The van der Waals surface area contributed by atoms with Gasteiger partial charge in [0.15, 0.2) is 5.78 Å². The van der Waals surface area contributed by atoms with Crippen molar-refractivity contribution >= 4 is 5.78 Å². The number of rotatable bonds is 6. The van der Waals surface area contributed by atoms with E-state index in [2.05, 4.69) is 26.0 Å². The van der Waals surface area contributed by atoms with Gasteiger partial charge in [-0.1, -0.05) is 58.4 Å². The number of carbonyl (C=O) groups excluding carboxylic acids is 1. The van der Waals surface area contributed by atoms with Gasteiger partial charge in [-0.25, -0.2) is 0 Å². The summed E-state index contributed by atoms with van der Waals surface area (Å²) in [5, 5.41) is 0. The van der Waals surface area contributed by atoms with Gasteiger partial charge in [0, 0.05) is 11.0 Å². The highest BCUT2D eigenvalue weighted by molar-refractivity contribution is 6.00. The molecule has 0 fully saturated rings. The van der Waals surface area contributed by atoms with Crippen LogP contribution in [0.1, 0.15) is 62.9 Å². The van der Waals surface area contributed by atoms with Gasteiger partial charge in [-0.3, -0.25) is 4.79 Å². The van der Waals surface area contributed by atoms with Crippen LogP contribution in [0.15, 0.2) is 24.3 Å². The van der Waals surface area contributed by atoms with E-state index in [0.29, 0.717) is 0 Å². The molecule has 0 radical (unpaired) electrons. The fourth-order valence-electron chi connectivity index (χ4n) is 1.75. The number of aryl methyl sites for hydroxylation is 1. The molecule has 1 heteroatoms. The second-order valence-corrected chi connectivity index (χ2v) is 5.37. The summed E-state index contributed by atoms with van der Waals surface area (Å²) in [5.41, 5.74) is 1.93. The first-order valence-electron chi connectivity index (χ1n) is 6.65. The highest BCUT2D eigenvalue weighted by Gasteiger charge is 2.26.